The van der Waals surface area contributed by atoms with Crippen molar-refractivity contribution in [1.82, 2.24) is 4.90 Å². The Morgan fingerprint density at radius 2 is 1.83 bits per heavy atom. The number of allylic oxidation sites excluding steroid dienone is 6. The van der Waals surface area contributed by atoms with Gasteiger partial charge in [0.2, 0.25) is 0 Å². The zero-order valence-corrected chi connectivity index (χ0v) is 15.8. The number of nitrogens with zero attached hydrogens (tertiary/aromatic N) is 1. The molecule has 0 aromatic carbocycles. The molecule has 0 atom stereocenters. The van der Waals surface area contributed by atoms with Crippen molar-refractivity contribution in [3.05, 3.63) is 34.9 Å². The number of piperidine rings is 1. The molecule has 4 heteroatoms. The fraction of sp³-hybridized carbons (Fsp3) is 0.700. The lowest BCUT2D eigenvalue weighted by atomic mass is 9.81. The first kappa shape index (κ1) is 17.9. The standard InChI is InChI=1S/C20H31NO2S/c1-24(22,23)15-14-21-12-10-18(11-13-21)20-9-5-8-19(16-20)17-6-3-2-4-7-17/h6,9,16,18H,2-5,7-8,10-15H2,1H3. The van der Waals surface area contributed by atoms with Crippen LogP contribution in [0.15, 0.2) is 34.9 Å². The summed E-state index contributed by atoms with van der Waals surface area (Å²) >= 11 is 0. The maximum absolute atomic E-state index is 11.3. The molecule has 3 aliphatic rings. The zero-order valence-electron chi connectivity index (χ0n) is 15.0. The summed E-state index contributed by atoms with van der Waals surface area (Å²) in [6, 6.07) is 0. The molecule has 0 saturated carbocycles. The lowest BCUT2D eigenvalue weighted by Crippen LogP contribution is -2.37. The summed E-state index contributed by atoms with van der Waals surface area (Å²) in [5, 5.41) is 0. The molecule has 0 spiro atoms. The summed E-state index contributed by atoms with van der Waals surface area (Å²) in [5.74, 6) is 0.956. The summed E-state index contributed by atoms with van der Waals surface area (Å²) in [4.78, 5) is 2.31. The van der Waals surface area contributed by atoms with Crippen LogP contribution < -0.4 is 0 Å². The van der Waals surface area contributed by atoms with Crippen molar-refractivity contribution in [2.75, 3.05) is 31.6 Å². The minimum absolute atomic E-state index is 0.290. The van der Waals surface area contributed by atoms with Crippen LogP contribution in [0, 0.1) is 5.92 Å². The van der Waals surface area contributed by atoms with Crippen LogP contribution in [0.3, 0.4) is 0 Å². The van der Waals surface area contributed by atoms with E-state index in [0.717, 1.165) is 13.1 Å². The number of hydrogen-bond donors (Lipinski definition) is 0. The van der Waals surface area contributed by atoms with Gasteiger partial charge in [0, 0.05) is 12.8 Å². The van der Waals surface area contributed by atoms with Crippen LogP contribution in [0.4, 0.5) is 0 Å². The molecule has 0 bridgehead atoms. The molecule has 0 aromatic rings. The summed E-state index contributed by atoms with van der Waals surface area (Å²) in [6.45, 7) is 2.76. The SMILES string of the molecule is CS(=O)(=O)CCN1CCC(C2=CCCC(C3=CCCCC3)=C2)CC1. The second-order valence-electron chi connectivity index (χ2n) is 7.63. The smallest absolute Gasteiger partial charge is 0.148 e. The molecular formula is C20H31NO2S. The van der Waals surface area contributed by atoms with E-state index >= 15 is 0 Å². The summed E-state index contributed by atoms with van der Waals surface area (Å²) in [5.41, 5.74) is 4.75. The monoisotopic (exact) mass is 349 g/mol. The summed E-state index contributed by atoms with van der Waals surface area (Å²) in [6.07, 6.45) is 18.7. The molecule has 0 aromatic heterocycles. The van der Waals surface area contributed by atoms with E-state index in [0.29, 0.717) is 18.2 Å². The van der Waals surface area contributed by atoms with Gasteiger partial charge in [-0.1, -0.05) is 18.2 Å². The molecule has 1 fully saturated rings. The molecule has 1 aliphatic heterocycles. The van der Waals surface area contributed by atoms with E-state index < -0.39 is 9.84 Å². The average molecular weight is 350 g/mol. The second kappa shape index (κ2) is 8.01. The van der Waals surface area contributed by atoms with Gasteiger partial charge in [-0.3, -0.25) is 0 Å². The topological polar surface area (TPSA) is 37.4 Å². The molecule has 0 unspecified atom stereocenters. The Balaban J connectivity index is 1.55. The normalized spacial score (nSPS) is 24.3. The molecule has 24 heavy (non-hydrogen) atoms. The van der Waals surface area contributed by atoms with Crippen molar-refractivity contribution >= 4 is 9.84 Å². The Morgan fingerprint density at radius 1 is 1.04 bits per heavy atom. The zero-order chi connectivity index (χ0) is 17.0. The molecule has 2 aliphatic carbocycles. The number of hydrogen-bond acceptors (Lipinski definition) is 3. The van der Waals surface area contributed by atoms with E-state index in [-0.39, 0.29) is 0 Å². The highest BCUT2D eigenvalue weighted by atomic mass is 32.2. The molecule has 0 N–H and O–H groups in total. The Labute approximate surface area is 147 Å². The Hall–Kier alpha value is -0.870. The fourth-order valence-electron chi connectivity index (χ4n) is 4.18. The van der Waals surface area contributed by atoms with Gasteiger partial charge in [-0.15, -0.1) is 0 Å². The predicted octanol–water partition coefficient (Wildman–Crippen LogP) is 3.89. The Morgan fingerprint density at radius 3 is 2.50 bits per heavy atom. The third-order valence-electron chi connectivity index (χ3n) is 5.68. The number of sulfone groups is 1. The number of likely N-dealkylation sites (tertiary alicyclic amines) is 1. The molecule has 0 amide bonds. The highest BCUT2D eigenvalue weighted by Crippen LogP contribution is 2.35. The van der Waals surface area contributed by atoms with E-state index in [1.165, 1.54) is 57.6 Å². The van der Waals surface area contributed by atoms with E-state index in [1.54, 1.807) is 16.7 Å². The summed E-state index contributed by atoms with van der Waals surface area (Å²) < 4.78 is 22.6. The molecule has 1 saturated heterocycles. The van der Waals surface area contributed by atoms with Crippen LogP contribution in [-0.2, 0) is 9.84 Å². The molecular weight excluding hydrogens is 318 g/mol. The second-order valence-corrected chi connectivity index (χ2v) is 9.89. The maximum atomic E-state index is 11.3. The van der Waals surface area contributed by atoms with E-state index in [1.807, 2.05) is 0 Å². The maximum Gasteiger partial charge on any atom is 0.148 e. The van der Waals surface area contributed by atoms with Crippen molar-refractivity contribution in [2.45, 2.75) is 51.4 Å². The fourth-order valence-corrected chi connectivity index (χ4v) is 4.77. The lowest BCUT2D eigenvalue weighted by molar-refractivity contribution is 0.210. The van der Waals surface area contributed by atoms with Gasteiger partial charge in [0.05, 0.1) is 5.75 Å². The van der Waals surface area contributed by atoms with Gasteiger partial charge < -0.3 is 4.90 Å². The average Bonchev–Trinajstić information content (AvgIpc) is 2.61. The highest BCUT2D eigenvalue weighted by molar-refractivity contribution is 7.90. The van der Waals surface area contributed by atoms with Crippen molar-refractivity contribution < 1.29 is 8.42 Å². The van der Waals surface area contributed by atoms with Crippen molar-refractivity contribution in [3.63, 3.8) is 0 Å². The van der Waals surface area contributed by atoms with E-state index in [2.05, 4.69) is 23.1 Å². The van der Waals surface area contributed by atoms with Crippen LogP contribution in [0.25, 0.3) is 0 Å². The first-order valence-corrected chi connectivity index (χ1v) is 11.6. The van der Waals surface area contributed by atoms with Crippen LogP contribution in [0.1, 0.15) is 51.4 Å². The molecule has 0 radical (unpaired) electrons. The van der Waals surface area contributed by atoms with Gasteiger partial charge in [0.1, 0.15) is 9.84 Å². The quantitative estimate of drug-likeness (QED) is 0.756. The largest absolute Gasteiger partial charge is 0.302 e. The van der Waals surface area contributed by atoms with Crippen LogP contribution in [-0.4, -0.2) is 45.0 Å². The molecule has 134 valence electrons. The Kier molecular flexibility index (Phi) is 5.98. The first-order valence-electron chi connectivity index (χ1n) is 9.51. The van der Waals surface area contributed by atoms with Gasteiger partial charge in [-0.05, 0) is 87.1 Å². The van der Waals surface area contributed by atoms with Gasteiger partial charge in [-0.2, -0.15) is 0 Å². The minimum Gasteiger partial charge on any atom is -0.302 e. The third-order valence-corrected chi connectivity index (χ3v) is 6.60. The van der Waals surface area contributed by atoms with Crippen LogP contribution >= 0.6 is 0 Å². The van der Waals surface area contributed by atoms with Crippen LogP contribution in [0.2, 0.25) is 0 Å². The Bertz CT molecular complexity index is 635. The van der Waals surface area contributed by atoms with Gasteiger partial charge in [0.25, 0.3) is 0 Å². The van der Waals surface area contributed by atoms with Gasteiger partial charge in [0.15, 0.2) is 0 Å². The lowest BCUT2D eigenvalue weighted by Gasteiger charge is -2.33. The molecule has 1 heterocycles. The molecule has 3 rings (SSSR count). The van der Waals surface area contributed by atoms with E-state index in [9.17, 15) is 8.42 Å². The molecule has 3 nitrogen and oxygen atoms in total. The first-order chi connectivity index (χ1) is 11.5. The highest BCUT2D eigenvalue weighted by Gasteiger charge is 2.23. The van der Waals surface area contributed by atoms with Gasteiger partial charge in [-0.25, -0.2) is 8.42 Å². The summed E-state index contributed by atoms with van der Waals surface area (Å²) in [7, 11) is -2.85. The number of rotatable bonds is 5. The van der Waals surface area contributed by atoms with Crippen molar-refractivity contribution in [3.8, 4) is 0 Å². The van der Waals surface area contributed by atoms with Crippen molar-refractivity contribution in [1.29, 1.82) is 0 Å². The minimum atomic E-state index is -2.85. The predicted molar refractivity (Wildman–Crippen MR) is 101 cm³/mol. The van der Waals surface area contributed by atoms with Crippen molar-refractivity contribution in [2.24, 2.45) is 5.92 Å². The van der Waals surface area contributed by atoms with Crippen LogP contribution in [0.5, 0.6) is 0 Å². The third kappa shape index (κ3) is 5.06. The van der Waals surface area contributed by atoms with Gasteiger partial charge >= 0.3 is 0 Å². The van der Waals surface area contributed by atoms with E-state index in [4.69, 9.17) is 0 Å².